The van der Waals surface area contributed by atoms with Crippen LogP contribution in [0.5, 0.6) is 0 Å². The predicted molar refractivity (Wildman–Crippen MR) is 95.5 cm³/mol. The Morgan fingerprint density at radius 2 is 1.85 bits per heavy atom. The Balaban J connectivity index is 0.000000660. The average Bonchev–Trinajstić information content (AvgIpc) is 2.97. The second-order valence-electron chi connectivity index (χ2n) is 4.88. The van der Waals surface area contributed by atoms with Crippen molar-refractivity contribution in [2.24, 2.45) is 16.5 Å². The van der Waals surface area contributed by atoms with Crippen molar-refractivity contribution >= 4 is 29.6 Å². The maximum absolute atomic E-state index is 10.6. The number of primary amides is 1. The van der Waals surface area contributed by atoms with Crippen molar-refractivity contribution in [1.29, 1.82) is 0 Å². The number of aryl methyl sites for hydroxylation is 1. The number of rotatable bonds is 9. The van der Waals surface area contributed by atoms with E-state index in [1.54, 1.807) is 4.68 Å². The summed E-state index contributed by atoms with van der Waals surface area (Å²) in [7, 11) is 0. The number of nitrogens with two attached hydrogens (primary N) is 2. The Kier molecular flexibility index (Phi) is 11.3. The highest BCUT2D eigenvalue weighted by atomic mass is 16.4. The number of nitrogens with one attached hydrogen (secondary N) is 1. The van der Waals surface area contributed by atoms with Crippen LogP contribution in [0.15, 0.2) is 29.4 Å². The fourth-order valence-electron chi connectivity index (χ4n) is 1.61. The molecule has 0 bridgehead atoms. The van der Waals surface area contributed by atoms with Crippen molar-refractivity contribution in [3.8, 4) is 0 Å². The predicted octanol–water partition coefficient (Wildman–Crippen LogP) is -0.00300. The van der Waals surface area contributed by atoms with E-state index in [1.807, 2.05) is 19.2 Å². The molecule has 144 valence electrons. The monoisotopic (exact) mass is 368 g/mol. The van der Waals surface area contributed by atoms with Gasteiger partial charge in [0.05, 0.1) is 0 Å². The first-order chi connectivity index (χ1) is 12.2. The fourth-order valence-corrected chi connectivity index (χ4v) is 1.61. The number of aliphatic imine (C=N–C) groups is 1. The molecule has 7 N–H and O–H groups in total. The highest BCUT2D eigenvalue weighted by molar-refractivity contribution is 5.91. The number of carboxylic acid groups (broad SMARTS) is 2. The van der Waals surface area contributed by atoms with E-state index in [0.29, 0.717) is 36.9 Å². The Bertz CT molecular complexity index is 637. The molecule has 0 spiro atoms. The van der Waals surface area contributed by atoms with Gasteiger partial charge in [-0.15, -0.1) is 0 Å². The molecule has 11 nitrogen and oxygen atoms in total. The number of hydrogen-bond acceptors (Lipinski definition) is 5. The molecular formula is C15H24N6O5. The molecule has 0 saturated heterocycles. The van der Waals surface area contributed by atoms with Crippen LogP contribution in [0.2, 0.25) is 0 Å². The lowest BCUT2D eigenvalue weighted by atomic mass is 10.2. The minimum atomic E-state index is -1.26. The maximum atomic E-state index is 10.6. The number of anilines is 1. The van der Waals surface area contributed by atoms with Crippen molar-refractivity contribution in [3.05, 3.63) is 24.4 Å². The summed E-state index contributed by atoms with van der Waals surface area (Å²) in [6, 6.07) is 1.83. The van der Waals surface area contributed by atoms with Gasteiger partial charge in [-0.1, -0.05) is 0 Å². The molecule has 1 heterocycles. The van der Waals surface area contributed by atoms with Gasteiger partial charge in [-0.3, -0.25) is 14.5 Å². The van der Waals surface area contributed by atoms with Crippen LogP contribution in [0.4, 0.5) is 5.82 Å². The smallest absolute Gasteiger partial charge is 0.328 e. The molecule has 0 aliphatic heterocycles. The summed E-state index contributed by atoms with van der Waals surface area (Å²) in [5, 5.41) is 22.8. The number of nitrogens with zero attached hydrogens (tertiary/aromatic N) is 3. The van der Waals surface area contributed by atoms with Crippen LogP contribution in [0.3, 0.4) is 0 Å². The molecule has 1 aromatic rings. The third kappa shape index (κ3) is 13.1. The zero-order valence-corrected chi connectivity index (χ0v) is 14.5. The minimum Gasteiger partial charge on any atom is -0.478 e. The summed E-state index contributed by atoms with van der Waals surface area (Å²) in [5.74, 6) is -1.75. The van der Waals surface area contributed by atoms with Gasteiger partial charge in [0.15, 0.2) is 11.8 Å². The largest absolute Gasteiger partial charge is 0.478 e. The van der Waals surface area contributed by atoms with Crippen LogP contribution in [0.1, 0.15) is 26.2 Å². The van der Waals surface area contributed by atoms with Gasteiger partial charge in [0.25, 0.3) is 0 Å². The zero-order valence-electron chi connectivity index (χ0n) is 14.5. The summed E-state index contributed by atoms with van der Waals surface area (Å²) >= 11 is 0. The molecule has 0 radical (unpaired) electrons. The lowest BCUT2D eigenvalue weighted by Crippen LogP contribution is -2.23. The van der Waals surface area contributed by atoms with Crippen LogP contribution in [-0.2, 0) is 20.9 Å². The molecule has 0 atom stereocenters. The van der Waals surface area contributed by atoms with Crippen LogP contribution in [0, 0.1) is 0 Å². The summed E-state index contributed by atoms with van der Waals surface area (Å²) in [6.45, 7) is 3.29. The molecular weight excluding hydrogens is 344 g/mol. The van der Waals surface area contributed by atoms with Gasteiger partial charge in [-0.2, -0.15) is 5.10 Å². The van der Waals surface area contributed by atoms with Crippen LogP contribution < -0.4 is 16.8 Å². The number of carbonyl (C=O) groups is 3. The van der Waals surface area contributed by atoms with E-state index >= 15 is 0 Å². The lowest BCUT2D eigenvalue weighted by Gasteiger charge is -2.02. The number of carboxylic acids is 2. The first-order valence-corrected chi connectivity index (χ1v) is 7.77. The van der Waals surface area contributed by atoms with E-state index in [4.69, 9.17) is 21.7 Å². The van der Waals surface area contributed by atoms with E-state index in [0.717, 1.165) is 19.4 Å². The van der Waals surface area contributed by atoms with Crippen molar-refractivity contribution < 1.29 is 24.6 Å². The molecule has 0 aliphatic carbocycles. The first kappa shape index (κ1) is 22.6. The first-order valence-electron chi connectivity index (χ1n) is 7.77. The molecule has 1 rings (SSSR count). The number of amides is 1. The number of aliphatic carboxylic acids is 2. The van der Waals surface area contributed by atoms with Crippen LogP contribution >= 0.6 is 0 Å². The Labute approximate surface area is 150 Å². The molecule has 0 aromatic carbocycles. The molecule has 1 amide bonds. The van der Waals surface area contributed by atoms with E-state index in [1.165, 1.54) is 0 Å². The van der Waals surface area contributed by atoms with Crippen LogP contribution in [0.25, 0.3) is 0 Å². The normalized spacial score (nSPS) is 10.9. The van der Waals surface area contributed by atoms with Crippen LogP contribution in [-0.4, -0.2) is 50.3 Å². The standard InChI is InChI=1S/C11H20N6O.C4H4O4/c1-2-14-11(13)15-10-6-8-17(16-10)7-4-3-5-9(12)18;5-3(6)1-2-4(7)8/h6,8H,2-5,7H2,1H3,(H2,12,18)(H3,13,14,15,16);1-2H,(H,5,6)(H,7,8). The molecule has 0 unspecified atom stereocenters. The summed E-state index contributed by atoms with van der Waals surface area (Å²) in [4.78, 5) is 33.7. The molecule has 0 saturated carbocycles. The number of carbonyl (C=O) groups excluding carboxylic acids is 1. The summed E-state index contributed by atoms with van der Waals surface area (Å²) in [5.41, 5.74) is 10.7. The number of unbranched alkanes of at least 4 members (excludes halogenated alkanes) is 1. The Morgan fingerprint density at radius 3 is 2.35 bits per heavy atom. The molecule has 1 aromatic heterocycles. The van der Waals surface area contributed by atoms with E-state index in [9.17, 15) is 14.4 Å². The lowest BCUT2D eigenvalue weighted by molar-refractivity contribution is -0.134. The van der Waals surface area contributed by atoms with Crippen molar-refractivity contribution in [3.63, 3.8) is 0 Å². The van der Waals surface area contributed by atoms with Gasteiger partial charge in [0, 0.05) is 43.9 Å². The number of guanidine groups is 1. The Hall–Kier alpha value is -3.37. The topological polar surface area (TPSA) is 186 Å². The summed E-state index contributed by atoms with van der Waals surface area (Å²) < 4.78 is 1.79. The third-order valence-electron chi connectivity index (χ3n) is 2.65. The average molecular weight is 368 g/mol. The quantitative estimate of drug-likeness (QED) is 0.174. The number of aromatic nitrogens is 2. The van der Waals surface area contributed by atoms with E-state index in [-0.39, 0.29) is 5.91 Å². The highest BCUT2D eigenvalue weighted by Gasteiger charge is 2.00. The van der Waals surface area contributed by atoms with Gasteiger partial charge in [-0.25, -0.2) is 9.59 Å². The molecule has 0 fully saturated rings. The van der Waals surface area contributed by atoms with Gasteiger partial charge >= 0.3 is 11.9 Å². The van der Waals surface area contributed by atoms with Crippen molar-refractivity contribution in [2.45, 2.75) is 32.7 Å². The van der Waals surface area contributed by atoms with E-state index < -0.39 is 11.9 Å². The summed E-state index contributed by atoms with van der Waals surface area (Å²) in [6.07, 6.45) is 5.03. The second kappa shape index (κ2) is 13.0. The maximum Gasteiger partial charge on any atom is 0.328 e. The van der Waals surface area contributed by atoms with Gasteiger partial charge in [-0.05, 0) is 19.8 Å². The molecule has 0 aliphatic rings. The number of hydrogen-bond donors (Lipinski definition) is 5. The second-order valence-corrected chi connectivity index (χ2v) is 4.88. The zero-order chi connectivity index (χ0) is 19.9. The molecule has 11 heteroatoms. The van der Waals surface area contributed by atoms with E-state index in [2.05, 4.69) is 15.4 Å². The van der Waals surface area contributed by atoms with Gasteiger partial charge in [0.2, 0.25) is 5.91 Å². The Morgan fingerprint density at radius 1 is 1.23 bits per heavy atom. The van der Waals surface area contributed by atoms with Crippen molar-refractivity contribution in [2.75, 3.05) is 11.9 Å². The fraction of sp³-hybridized carbons (Fsp3) is 0.400. The molecule has 26 heavy (non-hydrogen) atoms. The van der Waals surface area contributed by atoms with Gasteiger partial charge in [0.1, 0.15) is 0 Å². The minimum absolute atomic E-state index is 0.263. The van der Waals surface area contributed by atoms with Crippen molar-refractivity contribution in [1.82, 2.24) is 9.78 Å². The third-order valence-corrected chi connectivity index (χ3v) is 2.65. The SMILES string of the molecule is CCN=C(N)Nc1ccn(CCCCC(N)=O)n1.O=C(O)C=CC(=O)O. The van der Waals surface area contributed by atoms with Gasteiger partial charge < -0.3 is 27.0 Å². The highest BCUT2D eigenvalue weighted by Crippen LogP contribution is 2.04.